The summed E-state index contributed by atoms with van der Waals surface area (Å²) in [5.41, 5.74) is 2.08. The Balaban J connectivity index is 3.06. The molecule has 0 aliphatic rings. The van der Waals surface area contributed by atoms with Gasteiger partial charge in [0.25, 0.3) is 0 Å². The predicted molar refractivity (Wildman–Crippen MR) is 61.0 cm³/mol. The molecular weight excluding hydrogens is 204 g/mol. The van der Waals surface area contributed by atoms with Crippen molar-refractivity contribution < 1.29 is 5.11 Å². The maximum Gasteiger partial charge on any atom is 0.167 e. The Morgan fingerprint density at radius 2 is 2.12 bits per heavy atom. The van der Waals surface area contributed by atoms with Gasteiger partial charge >= 0.3 is 0 Å². The van der Waals surface area contributed by atoms with Crippen LogP contribution in [-0.4, -0.2) is 28.0 Å². The van der Waals surface area contributed by atoms with Gasteiger partial charge in [-0.15, -0.1) is 5.10 Å². The highest BCUT2D eigenvalue weighted by atomic mass is 16.3. The van der Waals surface area contributed by atoms with Crippen molar-refractivity contribution in [2.24, 2.45) is 0 Å². The van der Waals surface area contributed by atoms with E-state index in [2.05, 4.69) is 21.6 Å². The van der Waals surface area contributed by atoms with E-state index in [1.165, 1.54) is 0 Å². The molecule has 5 nitrogen and oxygen atoms in total. The molecule has 0 amide bonds. The van der Waals surface area contributed by atoms with Crippen molar-refractivity contribution in [2.75, 3.05) is 11.9 Å². The van der Waals surface area contributed by atoms with Gasteiger partial charge in [0, 0.05) is 0 Å². The minimum absolute atomic E-state index is 0.00989. The second-order valence-electron chi connectivity index (χ2n) is 3.68. The predicted octanol–water partition coefficient (Wildman–Crippen LogP) is 1.15. The number of aliphatic hydroxyl groups is 1. The lowest BCUT2D eigenvalue weighted by Crippen LogP contribution is -2.24. The number of nitrogens with one attached hydrogen (secondary N) is 1. The first-order valence-electron chi connectivity index (χ1n) is 5.25. The van der Waals surface area contributed by atoms with Crippen LogP contribution in [0, 0.1) is 25.2 Å². The Morgan fingerprint density at radius 3 is 2.62 bits per heavy atom. The summed E-state index contributed by atoms with van der Waals surface area (Å²) in [5, 5.41) is 29.1. The van der Waals surface area contributed by atoms with Crippen molar-refractivity contribution in [3.05, 3.63) is 16.8 Å². The third kappa shape index (κ3) is 2.47. The standard InChI is InChI=1S/C11H16N4O/c1-4-9(6-16)13-11-10(5-12)7(2)8(3)14-15-11/h9,16H,4,6H2,1-3H3,(H,13,15). The van der Waals surface area contributed by atoms with E-state index in [1.807, 2.05) is 20.8 Å². The van der Waals surface area contributed by atoms with Crippen molar-refractivity contribution in [2.45, 2.75) is 33.2 Å². The normalized spacial score (nSPS) is 11.9. The third-order valence-electron chi connectivity index (χ3n) is 2.62. The van der Waals surface area contributed by atoms with Gasteiger partial charge in [-0.25, -0.2) is 0 Å². The van der Waals surface area contributed by atoms with Crippen molar-refractivity contribution in [1.29, 1.82) is 5.26 Å². The van der Waals surface area contributed by atoms with Crippen LogP contribution < -0.4 is 5.32 Å². The van der Waals surface area contributed by atoms with E-state index in [9.17, 15) is 0 Å². The van der Waals surface area contributed by atoms with Gasteiger partial charge in [0.2, 0.25) is 0 Å². The van der Waals surface area contributed by atoms with Gasteiger partial charge in [-0.2, -0.15) is 10.4 Å². The average Bonchev–Trinajstić information content (AvgIpc) is 2.30. The molecule has 86 valence electrons. The van der Waals surface area contributed by atoms with E-state index in [0.717, 1.165) is 17.7 Å². The molecule has 1 atom stereocenters. The van der Waals surface area contributed by atoms with E-state index in [1.54, 1.807) is 0 Å². The molecule has 1 unspecified atom stereocenters. The Labute approximate surface area is 95.1 Å². The van der Waals surface area contributed by atoms with E-state index in [0.29, 0.717) is 11.4 Å². The van der Waals surface area contributed by atoms with Gasteiger partial charge in [-0.05, 0) is 25.8 Å². The summed E-state index contributed by atoms with van der Waals surface area (Å²) in [5.74, 6) is 0.450. The van der Waals surface area contributed by atoms with Crippen molar-refractivity contribution >= 4 is 5.82 Å². The summed E-state index contributed by atoms with van der Waals surface area (Å²) in [6.45, 7) is 5.62. The number of aliphatic hydroxyl groups excluding tert-OH is 1. The monoisotopic (exact) mass is 220 g/mol. The minimum atomic E-state index is -0.0940. The Kier molecular flexibility index (Phi) is 4.20. The number of hydrogen-bond donors (Lipinski definition) is 2. The molecule has 0 aliphatic heterocycles. The van der Waals surface area contributed by atoms with Gasteiger partial charge in [-0.3, -0.25) is 0 Å². The van der Waals surface area contributed by atoms with Crippen LogP contribution in [0.25, 0.3) is 0 Å². The molecule has 0 spiro atoms. The highest BCUT2D eigenvalue weighted by Gasteiger charge is 2.13. The fraction of sp³-hybridized carbons (Fsp3) is 0.545. The van der Waals surface area contributed by atoms with Crippen molar-refractivity contribution in [3.8, 4) is 6.07 Å². The zero-order valence-corrected chi connectivity index (χ0v) is 9.78. The Bertz CT molecular complexity index is 407. The number of aryl methyl sites for hydroxylation is 1. The molecule has 1 rings (SSSR count). The second kappa shape index (κ2) is 5.42. The highest BCUT2D eigenvalue weighted by Crippen LogP contribution is 2.18. The quantitative estimate of drug-likeness (QED) is 0.795. The lowest BCUT2D eigenvalue weighted by molar-refractivity contribution is 0.271. The molecule has 1 heterocycles. The van der Waals surface area contributed by atoms with Gasteiger partial charge in [0.15, 0.2) is 5.82 Å². The summed E-state index contributed by atoms with van der Waals surface area (Å²) in [7, 11) is 0. The summed E-state index contributed by atoms with van der Waals surface area (Å²) in [6.07, 6.45) is 0.760. The molecule has 1 aromatic heterocycles. The maximum atomic E-state index is 9.08. The largest absolute Gasteiger partial charge is 0.394 e. The molecule has 0 bridgehead atoms. The first-order valence-corrected chi connectivity index (χ1v) is 5.25. The molecule has 0 saturated carbocycles. The van der Waals surface area contributed by atoms with Crippen molar-refractivity contribution in [1.82, 2.24) is 10.2 Å². The smallest absolute Gasteiger partial charge is 0.167 e. The highest BCUT2D eigenvalue weighted by molar-refractivity contribution is 5.56. The first kappa shape index (κ1) is 12.4. The zero-order chi connectivity index (χ0) is 12.1. The van der Waals surface area contributed by atoms with Crippen LogP contribution in [-0.2, 0) is 0 Å². The van der Waals surface area contributed by atoms with Gasteiger partial charge < -0.3 is 10.4 Å². The first-order chi connectivity index (χ1) is 7.63. The number of nitriles is 1. The molecule has 0 radical (unpaired) electrons. The molecule has 0 saturated heterocycles. The molecule has 16 heavy (non-hydrogen) atoms. The number of nitrogens with zero attached hydrogens (tertiary/aromatic N) is 3. The lowest BCUT2D eigenvalue weighted by atomic mass is 10.1. The molecule has 0 fully saturated rings. The van der Waals surface area contributed by atoms with E-state index in [4.69, 9.17) is 10.4 Å². The number of aromatic nitrogens is 2. The number of rotatable bonds is 4. The number of anilines is 1. The molecule has 1 aromatic rings. The minimum Gasteiger partial charge on any atom is -0.394 e. The van der Waals surface area contributed by atoms with Crippen LogP contribution in [0.1, 0.15) is 30.2 Å². The lowest BCUT2D eigenvalue weighted by Gasteiger charge is -2.16. The van der Waals surface area contributed by atoms with Crippen LogP contribution >= 0.6 is 0 Å². The molecule has 0 aromatic carbocycles. The van der Waals surface area contributed by atoms with Crippen LogP contribution in [0.5, 0.6) is 0 Å². The summed E-state index contributed by atoms with van der Waals surface area (Å²) >= 11 is 0. The van der Waals surface area contributed by atoms with E-state index >= 15 is 0 Å². The molecule has 5 heteroatoms. The van der Waals surface area contributed by atoms with E-state index in [-0.39, 0.29) is 12.6 Å². The Morgan fingerprint density at radius 1 is 1.44 bits per heavy atom. The summed E-state index contributed by atoms with van der Waals surface area (Å²) < 4.78 is 0. The zero-order valence-electron chi connectivity index (χ0n) is 9.78. The fourth-order valence-corrected chi connectivity index (χ4v) is 1.32. The molecule has 2 N–H and O–H groups in total. The second-order valence-corrected chi connectivity index (χ2v) is 3.68. The average molecular weight is 220 g/mol. The van der Waals surface area contributed by atoms with Crippen LogP contribution in [0.15, 0.2) is 0 Å². The van der Waals surface area contributed by atoms with Crippen LogP contribution in [0.4, 0.5) is 5.82 Å². The number of hydrogen-bond acceptors (Lipinski definition) is 5. The van der Waals surface area contributed by atoms with Gasteiger partial charge in [0.05, 0.1) is 18.3 Å². The van der Waals surface area contributed by atoms with Crippen molar-refractivity contribution in [3.63, 3.8) is 0 Å². The van der Waals surface area contributed by atoms with Gasteiger partial charge in [-0.1, -0.05) is 6.92 Å². The van der Waals surface area contributed by atoms with Crippen LogP contribution in [0.3, 0.4) is 0 Å². The maximum absolute atomic E-state index is 9.08. The van der Waals surface area contributed by atoms with E-state index < -0.39 is 0 Å². The fourth-order valence-electron chi connectivity index (χ4n) is 1.32. The topological polar surface area (TPSA) is 81.8 Å². The summed E-state index contributed by atoms with van der Waals surface area (Å²) in [4.78, 5) is 0. The third-order valence-corrected chi connectivity index (χ3v) is 2.62. The molecule has 0 aliphatic carbocycles. The summed E-state index contributed by atoms with van der Waals surface area (Å²) in [6, 6.07) is 2.02. The van der Waals surface area contributed by atoms with Gasteiger partial charge in [0.1, 0.15) is 11.6 Å². The molecular formula is C11H16N4O. The van der Waals surface area contributed by atoms with Crippen LogP contribution in [0.2, 0.25) is 0 Å². The SMILES string of the molecule is CCC(CO)Nc1nnc(C)c(C)c1C#N. The Hall–Kier alpha value is -1.67.